The van der Waals surface area contributed by atoms with Crippen molar-refractivity contribution in [1.82, 2.24) is 5.01 Å². The lowest BCUT2D eigenvalue weighted by Crippen LogP contribution is -2.43. The average molecular weight is 410 g/mol. The molecule has 2 aliphatic heterocycles. The molecule has 7 heteroatoms. The summed E-state index contributed by atoms with van der Waals surface area (Å²) in [4.78, 5) is 12.5. The standard InChI is InChI=1S/C22H20ClN3O3/c1-13-16(9-8-15(12-24)18(13)23)19-21(28-2)20-17(10-11-26(20)25-19)29-22(27)14-6-4-3-5-7-14/h3-9,17,20-21H,10-11H2,1-2H3. The topological polar surface area (TPSA) is 74.9 Å². The minimum absolute atomic E-state index is 0.198. The van der Waals surface area contributed by atoms with E-state index in [1.807, 2.05) is 36.2 Å². The molecule has 0 N–H and O–H groups in total. The van der Waals surface area contributed by atoms with Gasteiger partial charge in [0.05, 0.1) is 21.9 Å². The smallest absolute Gasteiger partial charge is 0.338 e. The Morgan fingerprint density at radius 2 is 2.03 bits per heavy atom. The first-order valence-corrected chi connectivity index (χ1v) is 9.76. The predicted molar refractivity (Wildman–Crippen MR) is 109 cm³/mol. The lowest BCUT2D eigenvalue weighted by Gasteiger charge is -2.25. The molecular weight excluding hydrogens is 390 g/mol. The van der Waals surface area contributed by atoms with Crippen molar-refractivity contribution in [2.24, 2.45) is 5.10 Å². The first kappa shape index (κ1) is 19.4. The Morgan fingerprint density at radius 3 is 2.72 bits per heavy atom. The number of halogens is 1. The van der Waals surface area contributed by atoms with Gasteiger partial charge < -0.3 is 9.47 Å². The Morgan fingerprint density at radius 1 is 1.28 bits per heavy atom. The number of fused-ring (bicyclic) bond motifs is 1. The van der Waals surface area contributed by atoms with Gasteiger partial charge in [0.15, 0.2) is 0 Å². The number of methoxy groups -OCH3 is 1. The van der Waals surface area contributed by atoms with Crippen molar-refractivity contribution in [3.05, 3.63) is 69.7 Å². The lowest BCUT2D eigenvalue weighted by atomic mass is 9.94. The first-order valence-electron chi connectivity index (χ1n) is 9.38. The number of carbonyl (C=O) groups is 1. The second kappa shape index (κ2) is 7.86. The summed E-state index contributed by atoms with van der Waals surface area (Å²) in [5, 5.41) is 16.3. The summed E-state index contributed by atoms with van der Waals surface area (Å²) in [5.74, 6) is -0.349. The number of hydrogen-bond donors (Lipinski definition) is 0. The summed E-state index contributed by atoms with van der Waals surface area (Å²) in [6.45, 7) is 2.54. The van der Waals surface area contributed by atoms with E-state index in [0.717, 1.165) is 16.8 Å². The zero-order chi connectivity index (χ0) is 20.5. The molecule has 0 aliphatic carbocycles. The Balaban J connectivity index is 1.60. The van der Waals surface area contributed by atoms with Crippen LogP contribution in [-0.4, -0.2) is 48.6 Å². The number of benzene rings is 2. The van der Waals surface area contributed by atoms with Crippen LogP contribution in [0.3, 0.4) is 0 Å². The summed E-state index contributed by atoms with van der Waals surface area (Å²) >= 11 is 6.35. The third-order valence-corrected chi connectivity index (χ3v) is 5.98. The number of hydrazone groups is 1. The molecule has 29 heavy (non-hydrogen) atoms. The Hall–Kier alpha value is -2.88. The van der Waals surface area contributed by atoms with E-state index in [9.17, 15) is 10.1 Å². The molecule has 2 aliphatic rings. The molecule has 0 aromatic heterocycles. The van der Waals surface area contributed by atoms with Crippen molar-refractivity contribution in [1.29, 1.82) is 5.26 Å². The molecule has 0 saturated carbocycles. The molecule has 148 valence electrons. The Bertz CT molecular complexity index is 1020. The molecule has 0 bridgehead atoms. The van der Waals surface area contributed by atoms with Crippen LogP contribution in [0.4, 0.5) is 0 Å². The van der Waals surface area contributed by atoms with Gasteiger partial charge in [-0.05, 0) is 30.7 Å². The van der Waals surface area contributed by atoms with Crippen LogP contribution >= 0.6 is 11.6 Å². The monoisotopic (exact) mass is 409 g/mol. The van der Waals surface area contributed by atoms with Crippen LogP contribution in [0.2, 0.25) is 5.02 Å². The summed E-state index contributed by atoms with van der Waals surface area (Å²) < 4.78 is 11.6. The van der Waals surface area contributed by atoms with E-state index in [2.05, 4.69) is 6.07 Å². The molecule has 0 radical (unpaired) electrons. The molecule has 6 nitrogen and oxygen atoms in total. The highest BCUT2D eigenvalue weighted by molar-refractivity contribution is 6.33. The number of rotatable bonds is 4. The van der Waals surface area contributed by atoms with Crippen molar-refractivity contribution >= 4 is 23.3 Å². The van der Waals surface area contributed by atoms with Gasteiger partial charge in [-0.2, -0.15) is 10.4 Å². The molecule has 1 saturated heterocycles. The first-order chi connectivity index (χ1) is 14.0. The van der Waals surface area contributed by atoms with Crippen LogP contribution < -0.4 is 0 Å². The summed E-state index contributed by atoms with van der Waals surface area (Å²) in [6.07, 6.45) is -0.00988. The number of esters is 1. The number of nitrogens with zero attached hydrogens (tertiary/aromatic N) is 3. The van der Waals surface area contributed by atoms with Gasteiger partial charge in [-0.25, -0.2) is 4.79 Å². The molecule has 0 spiro atoms. The van der Waals surface area contributed by atoms with E-state index in [1.165, 1.54) is 0 Å². The second-order valence-corrected chi connectivity index (χ2v) is 7.48. The quantitative estimate of drug-likeness (QED) is 0.722. The summed E-state index contributed by atoms with van der Waals surface area (Å²) in [5.41, 5.74) is 3.31. The van der Waals surface area contributed by atoms with E-state index in [-0.39, 0.29) is 24.2 Å². The van der Waals surface area contributed by atoms with Crippen molar-refractivity contribution in [3.8, 4) is 6.07 Å². The van der Waals surface area contributed by atoms with Gasteiger partial charge in [0.2, 0.25) is 0 Å². The highest BCUT2D eigenvalue weighted by Gasteiger charge is 2.49. The third kappa shape index (κ3) is 3.37. The number of hydrogen-bond acceptors (Lipinski definition) is 6. The number of nitriles is 1. The lowest BCUT2D eigenvalue weighted by molar-refractivity contribution is 0.00101. The van der Waals surface area contributed by atoms with Crippen molar-refractivity contribution in [2.45, 2.75) is 31.6 Å². The van der Waals surface area contributed by atoms with Crippen molar-refractivity contribution < 1.29 is 14.3 Å². The molecule has 0 amide bonds. The molecule has 1 fully saturated rings. The van der Waals surface area contributed by atoms with E-state index >= 15 is 0 Å². The Labute approximate surface area is 174 Å². The van der Waals surface area contributed by atoms with Crippen molar-refractivity contribution in [2.75, 3.05) is 13.7 Å². The van der Waals surface area contributed by atoms with E-state index < -0.39 is 0 Å². The fourth-order valence-electron chi connectivity index (χ4n) is 4.01. The van der Waals surface area contributed by atoms with Crippen LogP contribution in [0.15, 0.2) is 47.6 Å². The molecule has 2 aromatic carbocycles. The molecular formula is C22H20ClN3O3. The van der Waals surface area contributed by atoms with Crippen molar-refractivity contribution in [3.63, 3.8) is 0 Å². The third-order valence-electron chi connectivity index (χ3n) is 5.49. The number of carbonyl (C=O) groups excluding carboxylic acids is 1. The molecule has 2 heterocycles. The predicted octanol–water partition coefficient (Wildman–Crippen LogP) is 3.55. The fraction of sp³-hybridized carbons (Fsp3) is 0.318. The van der Waals surface area contributed by atoms with Gasteiger partial charge in [0, 0.05) is 25.6 Å². The van der Waals surface area contributed by atoms with Gasteiger partial charge >= 0.3 is 5.97 Å². The molecule has 3 unspecified atom stereocenters. The zero-order valence-corrected chi connectivity index (χ0v) is 16.9. The zero-order valence-electron chi connectivity index (χ0n) is 16.1. The molecule has 3 atom stereocenters. The minimum atomic E-state index is -0.367. The summed E-state index contributed by atoms with van der Waals surface area (Å²) in [6, 6.07) is 14.4. The largest absolute Gasteiger partial charge is 0.456 e. The average Bonchev–Trinajstić information content (AvgIpc) is 3.30. The fourth-order valence-corrected chi connectivity index (χ4v) is 4.22. The van der Waals surface area contributed by atoms with Crippen LogP contribution in [0.1, 0.15) is 33.5 Å². The summed E-state index contributed by atoms with van der Waals surface area (Å²) in [7, 11) is 1.62. The van der Waals surface area contributed by atoms with Crippen LogP contribution in [0.25, 0.3) is 0 Å². The van der Waals surface area contributed by atoms with Crippen LogP contribution in [-0.2, 0) is 9.47 Å². The molecule has 4 rings (SSSR count). The van der Waals surface area contributed by atoms with E-state index in [4.69, 9.17) is 26.2 Å². The highest BCUT2D eigenvalue weighted by atomic mass is 35.5. The SMILES string of the molecule is COC1C(c2ccc(C#N)c(Cl)c2C)=NN2CCC(OC(=O)c3ccccc3)C12. The van der Waals surface area contributed by atoms with Gasteiger partial charge in [-0.1, -0.05) is 35.9 Å². The normalized spacial score (nSPS) is 22.8. The maximum atomic E-state index is 12.5. The van der Waals surface area contributed by atoms with E-state index in [1.54, 1.807) is 25.3 Å². The van der Waals surface area contributed by atoms with Gasteiger partial charge in [-0.3, -0.25) is 5.01 Å². The molecule has 2 aromatic rings. The van der Waals surface area contributed by atoms with Crippen LogP contribution in [0, 0.1) is 18.3 Å². The highest BCUT2D eigenvalue weighted by Crippen LogP contribution is 2.35. The van der Waals surface area contributed by atoms with Gasteiger partial charge in [-0.15, -0.1) is 0 Å². The second-order valence-electron chi connectivity index (χ2n) is 7.11. The van der Waals surface area contributed by atoms with Gasteiger partial charge in [0.1, 0.15) is 24.3 Å². The Kier molecular flexibility index (Phi) is 5.27. The minimum Gasteiger partial charge on any atom is -0.456 e. The van der Waals surface area contributed by atoms with Gasteiger partial charge in [0.25, 0.3) is 0 Å². The maximum Gasteiger partial charge on any atom is 0.338 e. The maximum absolute atomic E-state index is 12.5. The van der Waals surface area contributed by atoms with Crippen LogP contribution in [0.5, 0.6) is 0 Å². The number of ether oxygens (including phenoxy) is 2. The van der Waals surface area contributed by atoms with E-state index in [0.29, 0.717) is 29.1 Å².